The number of thiazole rings is 1. The summed E-state index contributed by atoms with van der Waals surface area (Å²) in [5, 5.41) is 6.78. The van der Waals surface area contributed by atoms with Crippen molar-refractivity contribution in [2.75, 3.05) is 19.8 Å². The zero-order valence-electron chi connectivity index (χ0n) is 14.6. The van der Waals surface area contributed by atoms with Crippen LogP contribution in [0.25, 0.3) is 21.6 Å². The average Bonchev–Trinajstić information content (AvgIpc) is 3.25. The Kier molecular flexibility index (Phi) is 5.83. The number of benzene rings is 1. The number of para-hydroxylation sites is 1. The minimum absolute atomic E-state index is 0.127. The minimum atomic E-state index is -0.127. The predicted molar refractivity (Wildman–Crippen MR) is 102 cm³/mol. The summed E-state index contributed by atoms with van der Waals surface area (Å²) in [6, 6.07) is 10.4. The highest BCUT2D eigenvalue weighted by Gasteiger charge is 2.15. The molecule has 1 N–H and O–H groups in total. The van der Waals surface area contributed by atoms with E-state index in [-0.39, 0.29) is 5.91 Å². The number of fused-ring (bicyclic) bond motifs is 1. The molecule has 5 nitrogen and oxygen atoms in total. The molecule has 3 rings (SSSR count). The molecule has 0 unspecified atom stereocenters. The predicted octanol–water partition coefficient (Wildman–Crippen LogP) is 3.94. The molecule has 0 saturated carbocycles. The lowest BCUT2D eigenvalue weighted by molar-refractivity contribution is 0.0940. The van der Waals surface area contributed by atoms with E-state index in [0.717, 1.165) is 23.7 Å². The van der Waals surface area contributed by atoms with Crippen LogP contribution in [0, 0.1) is 0 Å². The van der Waals surface area contributed by atoms with Crippen LogP contribution in [-0.2, 0) is 11.3 Å². The standard InChI is InChI=1S/C19H23N3O2S/c1-3-22-16-9-6-5-8-14(16)12-17(22)19-21-15(13-25-19)18(23)20-10-7-11-24-4-2/h5-6,8-9,12-13H,3-4,7,10-11H2,1-2H3,(H,20,23). The average molecular weight is 357 g/mol. The number of carbonyl (C=O) groups excluding carboxylic acids is 1. The van der Waals surface area contributed by atoms with Crippen molar-refractivity contribution in [3.63, 3.8) is 0 Å². The van der Waals surface area contributed by atoms with Gasteiger partial charge in [0, 0.05) is 42.6 Å². The van der Waals surface area contributed by atoms with Crippen LogP contribution in [0.3, 0.4) is 0 Å². The third-order valence-corrected chi connectivity index (χ3v) is 4.90. The van der Waals surface area contributed by atoms with Crippen molar-refractivity contribution < 1.29 is 9.53 Å². The van der Waals surface area contributed by atoms with Gasteiger partial charge in [-0.3, -0.25) is 4.79 Å². The number of nitrogens with one attached hydrogen (secondary N) is 1. The summed E-state index contributed by atoms with van der Waals surface area (Å²) in [4.78, 5) is 16.8. The Morgan fingerprint density at radius 2 is 2.16 bits per heavy atom. The highest BCUT2D eigenvalue weighted by Crippen LogP contribution is 2.30. The molecule has 0 aliphatic rings. The molecule has 0 radical (unpaired) electrons. The fourth-order valence-electron chi connectivity index (χ4n) is 2.83. The molecule has 0 bridgehead atoms. The van der Waals surface area contributed by atoms with Crippen molar-refractivity contribution >= 4 is 28.1 Å². The van der Waals surface area contributed by atoms with E-state index in [4.69, 9.17) is 4.74 Å². The molecule has 132 valence electrons. The number of rotatable bonds is 8. The normalized spacial score (nSPS) is 11.1. The Labute approximate surface area is 151 Å². The molecule has 25 heavy (non-hydrogen) atoms. The van der Waals surface area contributed by atoms with Crippen LogP contribution in [0.5, 0.6) is 0 Å². The summed E-state index contributed by atoms with van der Waals surface area (Å²) in [6.07, 6.45) is 0.806. The van der Waals surface area contributed by atoms with Crippen LogP contribution < -0.4 is 5.32 Å². The molecule has 1 amide bonds. The van der Waals surface area contributed by atoms with E-state index in [9.17, 15) is 4.79 Å². The van der Waals surface area contributed by atoms with Gasteiger partial charge in [0.15, 0.2) is 0 Å². The summed E-state index contributed by atoms with van der Waals surface area (Å²) < 4.78 is 7.50. The Balaban J connectivity index is 1.74. The summed E-state index contributed by atoms with van der Waals surface area (Å²) >= 11 is 1.51. The van der Waals surface area contributed by atoms with Crippen molar-refractivity contribution in [2.45, 2.75) is 26.8 Å². The second-order valence-electron chi connectivity index (χ2n) is 5.68. The van der Waals surface area contributed by atoms with E-state index in [0.29, 0.717) is 25.5 Å². The maximum absolute atomic E-state index is 12.2. The highest BCUT2D eigenvalue weighted by molar-refractivity contribution is 7.13. The van der Waals surface area contributed by atoms with Gasteiger partial charge in [-0.15, -0.1) is 11.3 Å². The van der Waals surface area contributed by atoms with Gasteiger partial charge in [0.25, 0.3) is 5.91 Å². The molecule has 0 atom stereocenters. The quantitative estimate of drug-likeness (QED) is 0.621. The molecule has 0 spiro atoms. The van der Waals surface area contributed by atoms with Gasteiger partial charge in [-0.25, -0.2) is 4.98 Å². The first kappa shape index (κ1) is 17.6. The lowest BCUT2D eigenvalue weighted by Gasteiger charge is -2.05. The van der Waals surface area contributed by atoms with Crippen LogP contribution in [0.15, 0.2) is 35.7 Å². The van der Waals surface area contributed by atoms with Gasteiger partial charge in [-0.05, 0) is 32.4 Å². The number of hydrogen-bond acceptors (Lipinski definition) is 4. The molecule has 6 heteroatoms. The maximum Gasteiger partial charge on any atom is 0.270 e. The van der Waals surface area contributed by atoms with E-state index in [1.54, 1.807) is 0 Å². The number of aryl methyl sites for hydroxylation is 1. The smallest absolute Gasteiger partial charge is 0.270 e. The van der Waals surface area contributed by atoms with E-state index < -0.39 is 0 Å². The molecule has 0 saturated heterocycles. The largest absolute Gasteiger partial charge is 0.382 e. The first-order valence-electron chi connectivity index (χ1n) is 8.64. The van der Waals surface area contributed by atoms with Gasteiger partial charge in [0.05, 0.1) is 5.69 Å². The fraction of sp³-hybridized carbons (Fsp3) is 0.368. The number of amides is 1. The van der Waals surface area contributed by atoms with Crippen LogP contribution >= 0.6 is 11.3 Å². The Morgan fingerprint density at radius 3 is 2.96 bits per heavy atom. The SMILES string of the molecule is CCOCCCNC(=O)c1csc(-c2cc3ccccc3n2CC)n1. The first-order chi connectivity index (χ1) is 12.2. The summed E-state index contributed by atoms with van der Waals surface area (Å²) in [7, 11) is 0. The van der Waals surface area contributed by atoms with Crippen molar-refractivity contribution in [3.8, 4) is 10.7 Å². The van der Waals surface area contributed by atoms with Crippen LogP contribution in [-0.4, -0.2) is 35.2 Å². The zero-order chi connectivity index (χ0) is 17.6. The monoisotopic (exact) mass is 357 g/mol. The van der Waals surface area contributed by atoms with Gasteiger partial charge in [-0.1, -0.05) is 18.2 Å². The Morgan fingerprint density at radius 1 is 1.32 bits per heavy atom. The number of aromatic nitrogens is 2. The Hall–Kier alpha value is -2.18. The lowest BCUT2D eigenvalue weighted by atomic mass is 10.2. The fourth-order valence-corrected chi connectivity index (χ4v) is 3.66. The molecule has 3 aromatic rings. The van der Waals surface area contributed by atoms with E-state index in [2.05, 4.69) is 40.0 Å². The third kappa shape index (κ3) is 3.91. The molecule has 2 aromatic heterocycles. The van der Waals surface area contributed by atoms with Gasteiger partial charge in [0.2, 0.25) is 0 Å². The molecule has 2 heterocycles. The topological polar surface area (TPSA) is 56.1 Å². The van der Waals surface area contributed by atoms with Crippen molar-refractivity contribution in [3.05, 3.63) is 41.4 Å². The molecular weight excluding hydrogens is 334 g/mol. The summed E-state index contributed by atoms with van der Waals surface area (Å²) in [5.74, 6) is -0.127. The first-order valence-corrected chi connectivity index (χ1v) is 9.52. The van der Waals surface area contributed by atoms with Crippen molar-refractivity contribution in [1.29, 1.82) is 0 Å². The third-order valence-electron chi connectivity index (χ3n) is 4.04. The summed E-state index contributed by atoms with van der Waals surface area (Å²) in [5.41, 5.74) is 2.73. The maximum atomic E-state index is 12.2. The lowest BCUT2D eigenvalue weighted by Crippen LogP contribution is -2.25. The molecule has 0 aliphatic carbocycles. The molecule has 0 fully saturated rings. The zero-order valence-corrected chi connectivity index (χ0v) is 15.4. The van der Waals surface area contributed by atoms with Gasteiger partial charge < -0.3 is 14.6 Å². The highest BCUT2D eigenvalue weighted by atomic mass is 32.1. The minimum Gasteiger partial charge on any atom is -0.382 e. The molecule has 0 aliphatic heterocycles. The second-order valence-corrected chi connectivity index (χ2v) is 6.54. The van der Waals surface area contributed by atoms with Crippen LogP contribution in [0.1, 0.15) is 30.8 Å². The van der Waals surface area contributed by atoms with Crippen molar-refractivity contribution in [2.24, 2.45) is 0 Å². The number of carbonyl (C=O) groups is 1. The van der Waals surface area contributed by atoms with E-state index in [1.807, 2.05) is 24.4 Å². The van der Waals surface area contributed by atoms with Gasteiger partial charge >= 0.3 is 0 Å². The second kappa shape index (κ2) is 8.27. The molecule has 1 aromatic carbocycles. The molecular formula is C19H23N3O2S. The van der Waals surface area contributed by atoms with Crippen LogP contribution in [0.2, 0.25) is 0 Å². The number of ether oxygens (including phenoxy) is 1. The van der Waals surface area contributed by atoms with Gasteiger partial charge in [-0.2, -0.15) is 0 Å². The number of hydrogen-bond donors (Lipinski definition) is 1. The van der Waals surface area contributed by atoms with Crippen LogP contribution in [0.4, 0.5) is 0 Å². The van der Waals surface area contributed by atoms with E-state index >= 15 is 0 Å². The van der Waals surface area contributed by atoms with Gasteiger partial charge in [0.1, 0.15) is 10.7 Å². The Bertz CT molecular complexity index is 853. The van der Waals surface area contributed by atoms with E-state index in [1.165, 1.54) is 22.2 Å². The van der Waals surface area contributed by atoms with Crippen molar-refractivity contribution in [1.82, 2.24) is 14.9 Å². The summed E-state index contributed by atoms with van der Waals surface area (Å²) in [6.45, 7) is 6.91. The number of nitrogens with zero attached hydrogens (tertiary/aromatic N) is 2.